The van der Waals surface area contributed by atoms with Crippen LogP contribution in [-0.2, 0) is 32.2 Å². The van der Waals surface area contributed by atoms with Crippen LogP contribution in [-0.4, -0.2) is 75.4 Å². The maximum atomic E-state index is 11.9. The highest BCUT2D eigenvalue weighted by atomic mass is 35.5. The molecule has 0 saturated heterocycles. The monoisotopic (exact) mass is 510 g/mol. The fourth-order valence-electron chi connectivity index (χ4n) is 3.33. The van der Waals surface area contributed by atoms with Crippen molar-refractivity contribution in [1.82, 2.24) is 0 Å². The van der Waals surface area contributed by atoms with Crippen LogP contribution < -0.4 is 24.8 Å². The van der Waals surface area contributed by atoms with Gasteiger partial charge >= 0.3 is 11.9 Å². The third-order valence-electron chi connectivity index (χ3n) is 5.14. The van der Waals surface area contributed by atoms with Crippen LogP contribution in [0.25, 0.3) is 0 Å². The number of hydrogen-bond donors (Lipinski definition) is 0. The van der Waals surface area contributed by atoms with E-state index in [2.05, 4.69) is 52.5 Å². The number of quaternary nitrogens is 2. The molecule has 0 radical (unpaired) electrons. The third kappa shape index (κ3) is 13.4. The van der Waals surface area contributed by atoms with Gasteiger partial charge in [-0.1, -0.05) is 60.7 Å². The minimum absolute atomic E-state index is 0. The van der Waals surface area contributed by atoms with Gasteiger partial charge in [0.2, 0.25) is 0 Å². The summed E-state index contributed by atoms with van der Waals surface area (Å²) < 4.78 is 11.9. The Balaban J connectivity index is 0.00000544. The second-order valence-electron chi connectivity index (χ2n) is 9.27. The summed E-state index contributed by atoms with van der Waals surface area (Å²) in [5, 5.41) is 0. The van der Waals surface area contributed by atoms with Crippen LogP contribution in [0.15, 0.2) is 72.8 Å². The molecule has 0 aliphatic heterocycles. The van der Waals surface area contributed by atoms with Crippen LogP contribution in [0.2, 0.25) is 0 Å². The predicted octanol–water partition coefficient (Wildman–Crippen LogP) is -2.81. The summed E-state index contributed by atoms with van der Waals surface area (Å²) in [5.41, 5.74) is 2.47. The lowest BCUT2D eigenvalue weighted by Gasteiger charge is -2.29. The molecule has 8 heteroatoms. The maximum absolute atomic E-state index is 11.9. The van der Waals surface area contributed by atoms with E-state index in [0.29, 0.717) is 22.1 Å². The van der Waals surface area contributed by atoms with Crippen molar-refractivity contribution in [2.45, 2.75) is 13.1 Å². The summed E-state index contributed by atoms with van der Waals surface area (Å²) in [6.45, 7) is 3.60. The van der Waals surface area contributed by atoms with Crippen molar-refractivity contribution in [2.24, 2.45) is 0 Å². The standard InChI is InChI=1S/C26H36N2O4.2ClH/c1-27(2,21-23-11-7-5-8-12-23)17-19-31-25(29)15-16-26(30)32-20-18-28(3,4)22-24-13-9-6-10-14-24;;/h5-16H,17-22H2,1-4H3;2*1H/q+2;;/p-2/b16-15+;;. The Morgan fingerprint density at radius 3 is 1.29 bits per heavy atom. The van der Waals surface area contributed by atoms with Crippen LogP contribution in [0.4, 0.5) is 0 Å². The fourth-order valence-corrected chi connectivity index (χ4v) is 3.33. The Bertz CT molecular complexity index is 815. The first kappa shape index (κ1) is 31.6. The van der Waals surface area contributed by atoms with E-state index < -0.39 is 11.9 Å². The molecule has 0 atom stereocenters. The van der Waals surface area contributed by atoms with E-state index in [1.54, 1.807) is 0 Å². The van der Waals surface area contributed by atoms with Gasteiger partial charge in [0.25, 0.3) is 0 Å². The van der Waals surface area contributed by atoms with Crippen LogP contribution in [0.1, 0.15) is 11.1 Å². The molecule has 0 heterocycles. The molecule has 0 unspecified atom stereocenters. The Morgan fingerprint density at radius 1 is 0.647 bits per heavy atom. The topological polar surface area (TPSA) is 52.6 Å². The Morgan fingerprint density at radius 2 is 0.971 bits per heavy atom. The average molecular weight is 511 g/mol. The zero-order valence-corrected chi connectivity index (χ0v) is 22.0. The van der Waals surface area contributed by atoms with Gasteiger partial charge in [-0.2, -0.15) is 0 Å². The number of carbonyl (C=O) groups is 2. The summed E-state index contributed by atoms with van der Waals surface area (Å²) in [7, 11) is 8.36. The molecule has 0 N–H and O–H groups in total. The molecule has 2 rings (SSSR count). The number of benzene rings is 2. The minimum Gasteiger partial charge on any atom is -1.00 e. The van der Waals surface area contributed by atoms with Gasteiger partial charge in [-0.15, -0.1) is 0 Å². The van der Waals surface area contributed by atoms with E-state index in [4.69, 9.17) is 9.47 Å². The number of halogens is 2. The quantitative estimate of drug-likeness (QED) is 0.176. The number of rotatable bonds is 12. The van der Waals surface area contributed by atoms with Crippen molar-refractivity contribution < 1.29 is 52.8 Å². The van der Waals surface area contributed by atoms with Crippen molar-refractivity contribution in [1.29, 1.82) is 0 Å². The Kier molecular flexibility index (Phi) is 14.4. The van der Waals surface area contributed by atoms with Crippen LogP contribution in [0, 0.1) is 0 Å². The van der Waals surface area contributed by atoms with Gasteiger partial charge in [0, 0.05) is 23.3 Å². The van der Waals surface area contributed by atoms with Crippen LogP contribution in [0.5, 0.6) is 0 Å². The second kappa shape index (κ2) is 15.5. The summed E-state index contributed by atoms with van der Waals surface area (Å²) in [6.07, 6.45) is 2.26. The third-order valence-corrected chi connectivity index (χ3v) is 5.14. The molecule has 0 spiro atoms. The van der Waals surface area contributed by atoms with Crippen molar-refractivity contribution in [3.8, 4) is 0 Å². The highest BCUT2D eigenvalue weighted by Gasteiger charge is 2.17. The molecular weight excluding hydrogens is 475 g/mol. The van der Waals surface area contributed by atoms with E-state index in [1.165, 1.54) is 11.1 Å². The van der Waals surface area contributed by atoms with Crippen molar-refractivity contribution in [2.75, 3.05) is 54.5 Å². The summed E-state index contributed by atoms with van der Waals surface area (Å²) in [4.78, 5) is 23.8. The van der Waals surface area contributed by atoms with E-state index in [1.807, 2.05) is 36.4 Å². The second-order valence-corrected chi connectivity index (χ2v) is 9.27. The number of hydrogen-bond acceptors (Lipinski definition) is 4. The molecule has 0 bridgehead atoms. The molecule has 2 aromatic rings. The molecular formula is C26H36Cl2N2O4. The lowest BCUT2D eigenvalue weighted by Crippen LogP contribution is -3.00. The SMILES string of the molecule is C[N+](C)(CCOC(=O)/C=C/C(=O)OCC[N+](C)(C)Cc1ccccc1)Cc1ccccc1.[Cl-].[Cl-]. The summed E-state index contributed by atoms with van der Waals surface area (Å²) in [6, 6.07) is 20.4. The normalized spacial score (nSPS) is 11.3. The molecule has 0 aromatic heterocycles. The molecule has 0 aliphatic rings. The molecule has 2 aromatic carbocycles. The van der Waals surface area contributed by atoms with Gasteiger partial charge < -0.3 is 43.3 Å². The molecule has 0 fully saturated rings. The smallest absolute Gasteiger partial charge is 0.331 e. The number of esters is 2. The van der Waals surface area contributed by atoms with Crippen LogP contribution >= 0.6 is 0 Å². The molecule has 0 aliphatic carbocycles. The summed E-state index contributed by atoms with van der Waals surface area (Å²) in [5.74, 6) is -1.08. The van der Waals surface area contributed by atoms with Gasteiger partial charge in [-0.05, 0) is 0 Å². The van der Waals surface area contributed by atoms with Gasteiger partial charge in [0.15, 0.2) is 0 Å². The molecule has 188 valence electrons. The number of likely N-dealkylation sites (N-methyl/N-ethyl adjacent to an activating group) is 2. The molecule has 34 heavy (non-hydrogen) atoms. The predicted molar refractivity (Wildman–Crippen MR) is 125 cm³/mol. The van der Waals surface area contributed by atoms with Gasteiger partial charge in [-0.3, -0.25) is 0 Å². The molecule has 0 saturated carbocycles. The highest BCUT2D eigenvalue weighted by Crippen LogP contribution is 2.09. The Labute approximate surface area is 216 Å². The molecule has 6 nitrogen and oxygen atoms in total. The number of ether oxygens (including phenoxy) is 2. The van der Waals surface area contributed by atoms with Crippen molar-refractivity contribution in [3.63, 3.8) is 0 Å². The van der Waals surface area contributed by atoms with E-state index in [0.717, 1.165) is 25.2 Å². The molecule has 0 amide bonds. The van der Waals surface area contributed by atoms with Gasteiger partial charge in [0.1, 0.15) is 39.4 Å². The lowest BCUT2D eigenvalue weighted by molar-refractivity contribution is -0.903. The van der Waals surface area contributed by atoms with Gasteiger partial charge in [0.05, 0.1) is 28.2 Å². The van der Waals surface area contributed by atoms with Crippen molar-refractivity contribution >= 4 is 11.9 Å². The highest BCUT2D eigenvalue weighted by molar-refractivity contribution is 5.91. The Hall–Kier alpha value is -2.38. The zero-order valence-electron chi connectivity index (χ0n) is 20.5. The fraction of sp³-hybridized carbons (Fsp3) is 0.385. The lowest BCUT2D eigenvalue weighted by atomic mass is 10.2. The first-order valence-corrected chi connectivity index (χ1v) is 10.9. The van der Waals surface area contributed by atoms with Gasteiger partial charge in [-0.25, -0.2) is 9.59 Å². The van der Waals surface area contributed by atoms with E-state index in [9.17, 15) is 9.59 Å². The van der Waals surface area contributed by atoms with Crippen molar-refractivity contribution in [3.05, 3.63) is 83.9 Å². The number of carbonyl (C=O) groups excluding carboxylic acids is 2. The van der Waals surface area contributed by atoms with Crippen LogP contribution in [0.3, 0.4) is 0 Å². The largest absolute Gasteiger partial charge is 1.00 e. The van der Waals surface area contributed by atoms with E-state index >= 15 is 0 Å². The summed E-state index contributed by atoms with van der Waals surface area (Å²) >= 11 is 0. The number of nitrogens with zero attached hydrogens (tertiary/aromatic N) is 2. The zero-order chi connectivity index (χ0) is 23.5. The first-order chi connectivity index (χ1) is 15.2. The maximum Gasteiger partial charge on any atom is 0.331 e. The van der Waals surface area contributed by atoms with E-state index in [-0.39, 0.29) is 38.0 Å². The first-order valence-electron chi connectivity index (χ1n) is 10.9. The average Bonchev–Trinajstić information content (AvgIpc) is 2.73. The minimum atomic E-state index is -0.540.